The van der Waals surface area contributed by atoms with Gasteiger partial charge in [-0.15, -0.1) is 0 Å². The number of aliphatic carboxylic acids is 1. The average molecular weight is 270 g/mol. The number of nitrogens with zero attached hydrogens (tertiary/aromatic N) is 4. The topological polar surface area (TPSA) is 71.2 Å². The Hall–Kier alpha value is -2.63. The van der Waals surface area contributed by atoms with Gasteiger partial charge in [0.25, 0.3) is 0 Å². The van der Waals surface area contributed by atoms with E-state index in [1.807, 2.05) is 12.3 Å². The van der Waals surface area contributed by atoms with E-state index in [2.05, 4.69) is 19.4 Å². The van der Waals surface area contributed by atoms with E-state index in [0.717, 1.165) is 36.4 Å². The Kier molecular flexibility index (Phi) is 3.20. The second-order valence-corrected chi connectivity index (χ2v) is 4.55. The van der Waals surface area contributed by atoms with Gasteiger partial charge in [-0.2, -0.15) is 0 Å². The Morgan fingerprint density at radius 3 is 3.05 bits per heavy atom. The van der Waals surface area contributed by atoms with Crippen molar-refractivity contribution in [2.75, 3.05) is 11.4 Å². The van der Waals surface area contributed by atoms with E-state index < -0.39 is 5.97 Å². The van der Waals surface area contributed by atoms with Crippen molar-refractivity contribution in [3.8, 4) is 0 Å². The first-order valence-corrected chi connectivity index (χ1v) is 6.35. The largest absolute Gasteiger partial charge is 0.478 e. The quantitative estimate of drug-likeness (QED) is 0.853. The number of fused-ring (bicyclic) bond motifs is 1. The lowest BCUT2D eigenvalue weighted by molar-refractivity contribution is -0.131. The highest BCUT2D eigenvalue weighted by Crippen LogP contribution is 2.22. The normalized spacial score (nSPS) is 14.5. The van der Waals surface area contributed by atoms with Crippen molar-refractivity contribution in [3.63, 3.8) is 0 Å². The second-order valence-electron chi connectivity index (χ2n) is 4.55. The highest BCUT2D eigenvalue weighted by Gasteiger charge is 2.19. The lowest BCUT2D eigenvalue weighted by Crippen LogP contribution is -2.34. The molecule has 1 aliphatic rings. The molecular weight excluding hydrogens is 256 g/mol. The highest BCUT2D eigenvalue weighted by molar-refractivity contribution is 5.86. The molecule has 0 spiro atoms. The van der Waals surface area contributed by atoms with Crippen molar-refractivity contribution < 1.29 is 9.90 Å². The van der Waals surface area contributed by atoms with Crippen LogP contribution >= 0.6 is 0 Å². The van der Waals surface area contributed by atoms with Gasteiger partial charge in [-0.05, 0) is 18.2 Å². The van der Waals surface area contributed by atoms with Crippen LogP contribution in [0.5, 0.6) is 0 Å². The van der Waals surface area contributed by atoms with E-state index >= 15 is 0 Å². The molecule has 3 heterocycles. The monoisotopic (exact) mass is 270 g/mol. The minimum atomic E-state index is -0.964. The first-order valence-electron chi connectivity index (χ1n) is 6.35. The maximum absolute atomic E-state index is 10.7. The zero-order chi connectivity index (χ0) is 13.9. The van der Waals surface area contributed by atoms with Crippen LogP contribution in [0.25, 0.3) is 6.08 Å². The molecule has 6 heteroatoms. The standard InChI is InChI=1S/C14H14N4O2/c19-13(20)4-3-11-2-1-5-16-14(11)18-9-8-17-7-6-15-12(17)10-18/h1-7H,8-10H2,(H,19,20)/b4-3+. The first-order chi connectivity index (χ1) is 9.74. The third kappa shape index (κ3) is 2.40. The fourth-order valence-corrected chi connectivity index (χ4v) is 2.32. The lowest BCUT2D eigenvalue weighted by atomic mass is 10.2. The molecule has 1 N–H and O–H groups in total. The van der Waals surface area contributed by atoms with E-state index in [-0.39, 0.29) is 0 Å². The van der Waals surface area contributed by atoms with Crippen LogP contribution in [0, 0.1) is 0 Å². The molecule has 0 amide bonds. The summed E-state index contributed by atoms with van der Waals surface area (Å²) in [6, 6.07) is 3.67. The summed E-state index contributed by atoms with van der Waals surface area (Å²) in [5, 5.41) is 8.74. The van der Waals surface area contributed by atoms with Gasteiger partial charge in [0.2, 0.25) is 0 Å². The molecule has 0 aromatic carbocycles. The number of anilines is 1. The second kappa shape index (κ2) is 5.16. The molecule has 0 saturated carbocycles. The molecule has 0 bridgehead atoms. The Labute approximate surface area is 116 Å². The summed E-state index contributed by atoms with van der Waals surface area (Å²) < 4.78 is 2.12. The smallest absolute Gasteiger partial charge is 0.328 e. The number of pyridine rings is 1. The Bertz CT molecular complexity index is 663. The van der Waals surface area contributed by atoms with Crippen LogP contribution in [0.4, 0.5) is 5.82 Å². The predicted molar refractivity (Wildman–Crippen MR) is 74.2 cm³/mol. The molecule has 2 aromatic heterocycles. The van der Waals surface area contributed by atoms with Gasteiger partial charge in [0.1, 0.15) is 11.6 Å². The van der Waals surface area contributed by atoms with Gasteiger partial charge in [-0.3, -0.25) is 0 Å². The summed E-state index contributed by atoms with van der Waals surface area (Å²) in [7, 11) is 0. The predicted octanol–water partition coefficient (Wildman–Crippen LogP) is 1.40. The summed E-state index contributed by atoms with van der Waals surface area (Å²) in [5.74, 6) is 0.823. The Morgan fingerprint density at radius 2 is 2.20 bits per heavy atom. The molecule has 102 valence electrons. The van der Waals surface area contributed by atoms with Gasteiger partial charge in [-0.1, -0.05) is 0 Å². The third-order valence-electron chi connectivity index (χ3n) is 3.27. The molecule has 0 atom stereocenters. The van der Waals surface area contributed by atoms with Crippen molar-refractivity contribution >= 4 is 17.9 Å². The van der Waals surface area contributed by atoms with Crippen LogP contribution in [0.3, 0.4) is 0 Å². The third-order valence-corrected chi connectivity index (χ3v) is 3.27. The Balaban J connectivity index is 1.89. The summed E-state index contributed by atoms with van der Waals surface area (Å²) in [6.45, 7) is 2.36. The fraction of sp³-hybridized carbons (Fsp3) is 0.214. The Morgan fingerprint density at radius 1 is 1.30 bits per heavy atom. The van der Waals surface area contributed by atoms with Gasteiger partial charge in [0.05, 0.1) is 6.54 Å². The number of aromatic nitrogens is 3. The van der Waals surface area contributed by atoms with Gasteiger partial charge in [0, 0.05) is 43.3 Å². The molecule has 3 rings (SSSR count). The molecule has 1 aliphatic heterocycles. The fourth-order valence-electron chi connectivity index (χ4n) is 2.32. The van der Waals surface area contributed by atoms with Gasteiger partial charge in [-0.25, -0.2) is 14.8 Å². The van der Waals surface area contributed by atoms with E-state index in [1.54, 1.807) is 24.5 Å². The number of hydrogen-bond donors (Lipinski definition) is 1. The van der Waals surface area contributed by atoms with E-state index in [9.17, 15) is 4.79 Å². The summed E-state index contributed by atoms with van der Waals surface area (Å²) >= 11 is 0. The molecule has 0 unspecified atom stereocenters. The zero-order valence-corrected chi connectivity index (χ0v) is 10.8. The van der Waals surface area contributed by atoms with Crippen molar-refractivity contribution in [2.45, 2.75) is 13.1 Å². The van der Waals surface area contributed by atoms with E-state index in [4.69, 9.17) is 5.11 Å². The number of hydrogen-bond acceptors (Lipinski definition) is 4. The molecule has 6 nitrogen and oxygen atoms in total. The van der Waals surface area contributed by atoms with Crippen molar-refractivity contribution in [1.29, 1.82) is 0 Å². The minimum absolute atomic E-state index is 0.678. The summed E-state index contributed by atoms with van der Waals surface area (Å²) in [4.78, 5) is 21.5. The zero-order valence-electron chi connectivity index (χ0n) is 10.8. The molecular formula is C14H14N4O2. The van der Waals surface area contributed by atoms with Crippen LogP contribution in [0.15, 0.2) is 36.8 Å². The number of carbonyl (C=O) groups is 1. The van der Waals surface area contributed by atoms with Crippen molar-refractivity contribution in [1.82, 2.24) is 14.5 Å². The summed E-state index contributed by atoms with van der Waals surface area (Å²) in [5.41, 5.74) is 0.801. The lowest BCUT2D eigenvalue weighted by Gasteiger charge is -2.29. The number of rotatable bonds is 3. The van der Waals surface area contributed by atoms with E-state index in [1.165, 1.54) is 0 Å². The van der Waals surface area contributed by atoms with Gasteiger partial charge >= 0.3 is 5.97 Å². The molecule has 0 saturated heterocycles. The van der Waals surface area contributed by atoms with Crippen LogP contribution in [-0.4, -0.2) is 32.2 Å². The molecule has 0 radical (unpaired) electrons. The molecule has 20 heavy (non-hydrogen) atoms. The molecule has 0 fully saturated rings. The van der Waals surface area contributed by atoms with E-state index in [0.29, 0.717) is 6.54 Å². The van der Waals surface area contributed by atoms with Crippen molar-refractivity contribution in [3.05, 3.63) is 48.2 Å². The van der Waals surface area contributed by atoms with Crippen molar-refractivity contribution in [2.24, 2.45) is 0 Å². The molecule has 0 aliphatic carbocycles. The number of carboxylic acid groups (broad SMARTS) is 1. The summed E-state index contributed by atoms with van der Waals surface area (Å²) in [6.07, 6.45) is 8.19. The van der Waals surface area contributed by atoms with Crippen LogP contribution < -0.4 is 4.90 Å². The molecule has 2 aromatic rings. The van der Waals surface area contributed by atoms with Crippen LogP contribution in [0.1, 0.15) is 11.4 Å². The van der Waals surface area contributed by atoms with Crippen LogP contribution in [0.2, 0.25) is 0 Å². The van der Waals surface area contributed by atoms with Gasteiger partial charge in [0.15, 0.2) is 0 Å². The maximum atomic E-state index is 10.7. The average Bonchev–Trinajstić information content (AvgIpc) is 2.92. The van der Waals surface area contributed by atoms with Gasteiger partial charge < -0.3 is 14.6 Å². The first kappa shape index (κ1) is 12.4. The minimum Gasteiger partial charge on any atom is -0.478 e. The number of carboxylic acids is 1. The van der Waals surface area contributed by atoms with Crippen LogP contribution in [-0.2, 0) is 17.9 Å². The maximum Gasteiger partial charge on any atom is 0.328 e. The highest BCUT2D eigenvalue weighted by atomic mass is 16.4. The SMILES string of the molecule is O=C(O)/C=C/c1cccnc1N1CCn2ccnc2C1. The number of imidazole rings is 1.